The Morgan fingerprint density at radius 1 is 0.893 bits per heavy atom. The number of anilines is 1. The lowest BCUT2D eigenvalue weighted by Gasteiger charge is -2.38. The average molecular weight is 372 g/mol. The van der Waals surface area contributed by atoms with Crippen molar-refractivity contribution in [1.82, 2.24) is 4.90 Å². The second-order valence-electron chi connectivity index (χ2n) is 6.91. The molecule has 0 saturated carbocycles. The van der Waals surface area contributed by atoms with E-state index in [0.29, 0.717) is 25.3 Å². The molecule has 2 aliphatic heterocycles. The third kappa shape index (κ3) is 2.95. The van der Waals surface area contributed by atoms with Gasteiger partial charge < -0.3 is 19.7 Å². The van der Waals surface area contributed by atoms with Crippen molar-refractivity contribution < 1.29 is 14.3 Å². The van der Waals surface area contributed by atoms with Crippen molar-refractivity contribution in [2.24, 2.45) is 0 Å². The predicted octanol–water partition coefficient (Wildman–Crippen LogP) is 4.22. The quantitative estimate of drug-likeness (QED) is 0.748. The highest BCUT2D eigenvalue weighted by atomic mass is 16.6. The van der Waals surface area contributed by atoms with Gasteiger partial charge >= 0.3 is 0 Å². The van der Waals surface area contributed by atoms with E-state index >= 15 is 0 Å². The zero-order valence-electron chi connectivity index (χ0n) is 15.3. The number of rotatable bonds is 3. The molecule has 0 unspecified atom stereocenters. The predicted molar refractivity (Wildman–Crippen MR) is 107 cm³/mol. The number of hydrogen-bond acceptors (Lipinski definition) is 4. The molecule has 1 atom stereocenters. The number of nitrogens with one attached hydrogen (secondary N) is 1. The van der Waals surface area contributed by atoms with Crippen molar-refractivity contribution in [3.63, 3.8) is 0 Å². The van der Waals surface area contributed by atoms with E-state index in [1.807, 2.05) is 77.7 Å². The number of amides is 1. The van der Waals surface area contributed by atoms with Gasteiger partial charge in [0.1, 0.15) is 19.4 Å². The van der Waals surface area contributed by atoms with Crippen molar-refractivity contribution in [2.75, 3.05) is 18.5 Å². The summed E-state index contributed by atoms with van der Waals surface area (Å²) in [4.78, 5) is 15.2. The lowest BCUT2D eigenvalue weighted by atomic mass is 10.0. The Balaban J connectivity index is 1.56. The van der Waals surface area contributed by atoms with Crippen LogP contribution in [0.3, 0.4) is 0 Å². The number of nitrogens with zero attached hydrogens (tertiary/aromatic N) is 1. The number of carbonyl (C=O) groups is 1. The first-order valence-electron chi connectivity index (χ1n) is 9.39. The fraction of sp³-hybridized carbons (Fsp3) is 0.174. The number of ether oxygens (including phenoxy) is 2. The molecule has 1 N–H and O–H groups in total. The molecule has 0 fully saturated rings. The molecule has 5 nitrogen and oxygen atoms in total. The van der Waals surface area contributed by atoms with Crippen molar-refractivity contribution in [1.29, 1.82) is 0 Å². The Hall–Kier alpha value is -3.47. The lowest BCUT2D eigenvalue weighted by Crippen LogP contribution is -2.42. The molecule has 3 aromatic rings. The molecule has 0 aliphatic carbocycles. The van der Waals surface area contributed by atoms with Crippen LogP contribution in [0.4, 0.5) is 5.69 Å². The first kappa shape index (κ1) is 16.7. The normalized spacial score (nSPS) is 17.6. The van der Waals surface area contributed by atoms with E-state index in [4.69, 9.17) is 9.47 Å². The molecule has 140 valence electrons. The Bertz CT molecular complexity index is 1020. The minimum absolute atomic E-state index is 0.0121. The van der Waals surface area contributed by atoms with Crippen LogP contribution in [0.5, 0.6) is 11.5 Å². The van der Waals surface area contributed by atoms with Crippen LogP contribution in [-0.2, 0) is 6.54 Å². The molecular formula is C23H20N2O3. The van der Waals surface area contributed by atoms with Gasteiger partial charge in [-0.2, -0.15) is 0 Å². The smallest absolute Gasteiger partial charge is 0.258 e. The lowest BCUT2D eigenvalue weighted by molar-refractivity contribution is 0.0666. The number of para-hydroxylation sites is 1. The summed E-state index contributed by atoms with van der Waals surface area (Å²) in [5.74, 6) is 1.47. The zero-order chi connectivity index (χ0) is 18.9. The van der Waals surface area contributed by atoms with Gasteiger partial charge in [-0.15, -0.1) is 0 Å². The summed E-state index contributed by atoms with van der Waals surface area (Å²) in [5.41, 5.74) is 3.58. The molecule has 28 heavy (non-hydrogen) atoms. The van der Waals surface area contributed by atoms with E-state index in [1.165, 1.54) is 0 Å². The highest BCUT2D eigenvalue weighted by molar-refractivity contribution is 6.01. The van der Waals surface area contributed by atoms with E-state index in [9.17, 15) is 4.79 Å². The van der Waals surface area contributed by atoms with Crippen LogP contribution in [0.15, 0.2) is 72.8 Å². The average Bonchev–Trinajstić information content (AvgIpc) is 2.76. The summed E-state index contributed by atoms with van der Waals surface area (Å²) in [6, 6.07) is 23.5. The third-order valence-electron chi connectivity index (χ3n) is 5.10. The van der Waals surface area contributed by atoms with Gasteiger partial charge in [0.2, 0.25) is 0 Å². The summed E-state index contributed by atoms with van der Waals surface area (Å²) in [7, 11) is 0. The van der Waals surface area contributed by atoms with Gasteiger partial charge in [-0.3, -0.25) is 4.79 Å². The zero-order valence-corrected chi connectivity index (χ0v) is 15.3. The van der Waals surface area contributed by atoms with E-state index < -0.39 is 0 Å². The van der Waals surface area contributed by atoms with Crippen LogP contribution in [0, 0.1) is 0 Å². The first-order chi connectivity index (χ1) is 13.8. The van der Waals surface area contributed by atoms with E-state index in [1.54, 1.807) is 0 Å². The minimum atomic E-state index is -0.293. The second-order valence-corrected chi connectivity index (χ2v) is 6.91. The van der Waals surface area contributed by atoms with Gasteiger partial charge in [-0.25, -0.2) is 0 Å². The molecule has 0 radical (unpaired) electrons. The Labute approximate surface area is 163 Å². The molecule has 0 saturated heterocycles. The van der Waals surface area contributed by atoms with Crippen LogP contribution in [0.1, 0.15) is 27.7 Å². The fourth-order valence-corrected chi connectivity index (χ4v) is 3.73. The maximum atomic E-state index is 13.3. The molecule has 2 aliphatic rings. The Morgan fingerprint density at radius 3 is 2.50 bits per heavy atom. The van der Waals surface area contributed by atoms with Crippen LogP contribution in [0.25, 0.3) is 0 Å². The summed E-state index contributed by atoms with van der Waals surface area (Å²) < 4.78 is 11.4. The van der Waals surface area contributed by atoms with Crippen LogP contribution in [0.2, 0.25) is 0 Å². The van der Waals surface area contributed by atoms with Crippen LogP contribution >= 0.6 is 0 Å². The van der Waals surface area contributed by atoms with Crippen molar-refractivity contribution >= 4 is 11.6 Å². The van der Waals surface area contributed by atoms with Crippen molar-refractivity contribution in [3.05, 3.63) is 89.5 Å². The molecule has 1 amide bonds. The summed E-state index contributed by atoms with van der Waals surface area (Å²) in [6.45, 7) is 1.60. The maximum absolute atomic E-state index is 13.3. The van der Waals surface area contributed by atoms with Crippen molar-refractivity contribution in [2.45, 2.75) is 12.7 Å². The third-order valence-corrected chi connectivity index (χ3v) is 5.10. The standard InChI is InChI=1S/C23H20N2O3/c26-23-18-8-4-5-9-19(18)24-22(25(23)15-16-6-2-1-3-7-16)17-10-11-20-21(14-17)28-13-12-27-20/h1-11,14,22,24H,12-13,15H2/t22-/m1/s1. The number of fused-ring (bicyclic) bond motifs is 2. The highest BCUT2D eigenvalue weighted by Crippen LogP contribution is 2.38. The van der Waals surface area contributed by atoms with Crippen molar-refractivity contribution in [3.8, 4) is 11.5 Å². The Morgan fingerprint density at radius 2 is 1.64 bits per heavy atom. The molecule has 0 bridgehead atoms. The fourth-order valence-electron chi connectivity index (χ4n) is 3.73. The summed E-state index contributed by atoms with van der Waals surface area (Å²) in [5, 5.41) is 3.53. The molecule has 0 aromatic heterocycles. The molecular weight excluding hydrogens is 352 g/mol. The van der Waals surface area contributed by atoms with E-state index in [0.717, 1.165) is 28.3 Å². The van der Waals surface area contributed by atoms with Gasteiger partial charge in [0, 0.05) is 12.2 Å². The van der Waals surface area contributed by atoms with E-state index in [-0.39, 0.29) is 12.1 Å². The van der Waals surface area contributed by atoms with Gasteiger partial charge in [0.15, 0.2) is 11.5 Å². The maximum Gasteiger partial charge on any atom is 0.258 e. The second kappa shape index (κ2) is 6.93. The molecule has 2 heterocycles. The van der Waals surface area contributed by atoms with Gasteiger partial charge in [0.05, 0.1) is 5.56 Å². The largest absolute Gasteiger partial charge is 0.486 e. The monoisotopic (exact) mass is 372 g/mol. The number of benzene rings is 3. The molecule has 5 heteroatoms. The minimum Gasteiger partial charge on any atom is -0.486 e. The molecule has 3 aromatic carbocycles. The molecule has 5 rings (SSSR count). The first-order valence-corrected chi connectivity index (χ1v) is 9.39. The molecule has 0 spiro atoms. The summed E-state index contributed by atoms with van der Waals surface area (Å²) >= 11 is 0. The number of carbonyl (C=O) groups excluding carboxylic acids is 1. The van der Waals surface area contributed by atoms with E-state index in [2.05, 4.69) is 5.32 Å². The van der Waals surface area contributed by atoms with Gasteiger partial charge in [-0.1, -0.05) is 48.5 Å². The van der Waals surface area contributed by atoms with Crippen LogP contribution in [-0.4, -0.2) is 24.0 Å². The van der Waals surface area contributed by atoms with Gasteiger partial charge in [0.25, 0.3) is 5.91 Å². The number of hydrogen-bond donors (Lipinski definition) is 1. The summed E-state index contributed by atoms with van der Waals surface area (Å²) in [6.07, 6.45) is -0.293. The van der Waals surface area contributed by atoms with Crippen LogP contribution < -0.4 is 14.8 Å². The highest BCUT2D eigenvalue weighted by Gasteiger charge is 2.33. The Kier molecular flexibility index (Phi) is 4.13. The van der Waals surface area contributed by atoms with Gasteiger partial charge in [-0.05, 0) is 35.4 Å². The SMILES string of the molecule is O=C1c2ccccc2N[C@@H](c2ccc3c(c2)OCCO3)N1Cc1ccccc1. The topological polar surface area (TPSA) is 50.8 Å².